The van der Waals surface area contributed by atoms with Gasteiger partial charge in [0.25, 0.3) is 0 Å². The van der Waals surface area contributed by atoms with Crippen LogP contribution in [0.5, 0.6) is 0 Å². The second kappa shape index (κ2) is 9.15. The molecule has 0 aliphatic carbocycles. The molecule has 2 N–H and O–H groups in total. The molecule has 140 valence electrons. The molecule has 0 radical (unpaired) electrons. The van der Waals surface area contributed by atoms with Crippen LogP contribution in [0.2, 0.25) is 0 Å². The third kappa shape index (κ3) is 5.15. The first-order valence-corrected chi connectivity index (χ1v) is 9.36. The average Bonchev–Trinajstić information content (AvgIpc) is 3.24. The number of fused-ring (bicyclic) bond motifs is 1. The first-order chi connectivity index (χ1) is 12.3. The number of hydrogen-bond acceptors (Lipinski definition) is 5. The Morgan fingerprint density at radius 2 is 2.36 bits per heavy atom. The van der Waals surface area contributed by atoms with Crippen molar-refractivity contribution in [3.63, 3.8) is 0 Å². The quantitative estimate of drug-likeness (QED) is 0.560. The summed E-state index contributed by atoms with van der Waals surface area (Å²) in [6.07, 6.45) is 5.68. The Kier molecular flexibility index (Phi) is 6.63. The molecule has 3 heterocycles. The molecule has 2 unspecified atom stereocenters. The van der Waals surface area contributed by atoms with Crippen LogP contribution >= 0.6 is 0 Å². The van der Waals surface area contributed by atoms with Crippen LogP contribution in [-0.4, -0.2) is 59.7 Å². The topological polar surface area (TPSA) is 85.6 Å². The van der Waals surface area contributed by atoms with Gasteiger partial charge in [0, 0.05) is 39.3 Å². The molecule has 2 atom stereocenters. The van der Waals surface area contributed by atoms with Gasteiger partial charge in [-0.15, -0.1) is 0 Å². The highest BCUT2D eigenvalue weighted by atomic mass is 16.5. The number of nitrogens with zero attached hydrogens (tertiary/aromatic N) is 4. The summed E-state index contributed by atoms with van der Waals surface area (Å²) in [4.78, 5) is 9.23. The molecular formula is C17H30N6O2. The van der Waals surface area contributed by atoms with Gasteiger partial charge in [-0.05, 0) is 32.6 Å². The van der Waals surface area contributed by atoms with Crippen LogP contribution in [0.4, 0.5) is 0 Å². The van der Waals surface area contributed by atoms with Crippen LogP contribution in [0, 0.1) is 0 Å². The van der Waals surface area contributed by atoms with Gasteiger partial charge < -0.3 is 20.1 Å². The van der Waals surface area contributed by atoms with Crippen molar-refractivity contribution in [2.45, 2.75) is 64.3 Å². The number of nitrogens with one attached hydrogen (secondary N) is 2. The predicted octanol–water partition coefficient (Wildman–Crippen LogP) is 0.864. The smallest absolute Gasteiger partial charge is 0.191 e. The third-order valence-electron chi connectivity index (χ3n) is 4.61. The Labute approximate surface area is 149 Å². The summed E-state index contributed by atoms with van der Waals surface area (Å²) in [6, 6.07) is 0.310. The molecule has 1 fully saturated rings. The zero-order valence-electron chi connectivity index (χ0n) is 15.3. The summed E-state index contributed by atoms with van der Waals surface area (Å²) >= 11 is 0. The maximum atomic E-state index is 5.67. The van der Waals surface area contributed by atoms with Crippen molar-refractivity contribution >= 4 is 5.96 Å². The Morgan fingerprint density at radius 3 is 3.12 bits per heavy atom. The van der Waals surface area contributed by atoms with E-state index in [2.05, 4.69) is 27.6 Å². The minimum atomic E-state index is 0.310. The fraction of sp³-hybridized carbons (Fsp3) is 0.824. The van der Waals surface area contributed by atoms with Crippen LogP contribution in [-0.2, 0) is 29.0 Å². The zero-order chi connectivity index (χ0) is 17.5. The van der Waals surface area contributed by atoms with Gasteiger partial charge in [-0.3, -0.25) is 4.99 Å². The average molecular weight is 350 g/mol. The zero-order valence-corrected chi connectivity index (χ0v) is 15.3. The minimum Gasteiger partial charge on any atom is -0.378 e. The Balaban J connectivity index is 1.52. The van der Waals surface area contributed by atoms with Crippen molar-refractivity contribution in [1.82, 2.24) is 25.4 Å². The number of ether oxygens (including phenoxy) is 2. The largest absolute Gasteiger partial charge is 0.378 e. The van der Waals surface area contributed by atoms with Crippen molar-refractivity contribution in [1.29, 1.82) is 0 Å². The van der Waals surface area contributed by atoms with E-state index in [9.17, 15) is 0 Å². The van der Waals surface area contributed by atoms with E-state index in [0.29, 0.717) is 18.8 Å². The molecule has 8 heteroatoms. The normalized spacial score (nSPS) is 23.5. The summed E-state index contributed by atoms with van der Waals surface area (Å²) in [6.45, 7) is 5.91. The number of aryl methyl sites for hydroxylation is 1. The molecule has 25 heavy (non-hydrogen) atoms. The molecule has 0 amide bonds. The number of rotatable bonds is 7. The van der Waals surface area contributed by atoms with Crippen LogP contribution in [0.15, 0.2) is 4.99 Å². The molecule has 1 aromatic rings. The Morgan fingerprint density at radius 1 is 1.44 bits per heavy atom. The second-order valence-corrected chi connectivity index (χ2v) is 6.62. The van der Waals surface area contributed by atoms with E-state index >= 15 is 0 Å². The monoisotopic (exact) mass is 350 g/mol. The summed E-state index contributed by atoms with van der Waals surface area (Å²) in [5.41, 5.74) is 0. The second-order valence-electron chi connectivity index (χ2n) is 6.62. The van der Waals surface area contributed by atoms with E-state index in [-0.39, 0.29) is 0 Å². The van der Waals surface area contributed by atoms with Crippen molar-refractivity contribution < 1.29 is 9.47 Å². The molecule has 2 aliphatic heterocycles. The summed E-state index contributed by atoms with van der Waals surface area (Å²) in [7, 11) is 1.67. The van der Waals surface area contributed by atoms with Crippen LogP contribution in [0.3, 0.4) is 0 Å². The Hall–Kier alpha value is -1.67. The molecule has 1 aromatic heterocycles. The lowest BCUT2D eigenvalue weighted by Gasteiger charge is -2.25. The number of guanidine groups is 1. The maximum Gasteiger partial charge on any atom is 0.191 e. The lowest BCUT2D eigenvalue weighted by Crippen LogP contribution is -2.47. The van der Waals surface area contributed by atoms with Gasteiger partial charge in [-0.2, -0.15) is 5.10 Å². The lowest BCUT2D eigenvalue weighted by molar-refractivity contribution is 0.106. The minimum absolute atomic E-state index is 0.310. The molecule has 0 spiro atoms. The van der Waals surface area contributed by atoms with Gasteiger partial charge in [0.15, 0.2) is 11.8 Å². The standard InChI is InChI=1S/C17H30N6O2/c1-3-18-17(19-9-8-14-5-4-10-25-14)20-13-6-7-16-21-15(12-24-2)22-23(16)11-13/h13-14H,3-12H2,1-2H3,(H2,18,19,20). The van der Waals surface area contributed by atoms with Gasteiger partial charge >= 0.3 is 0 Å². The van der Waals surface area contributed by atoms with Crippen molar-refractivity contribution in [2.75, 3.05) is 26.8 Å². The number of aromatic nitrogens is 3. The fourth-order valence-electron chi connectivity index (χ4n) is 3.37. The molecule has 8 nitrogen and oxygen atoms in total. The highest BCUT2D eigenvalue weighted by Crippen LogP contribution is 2.15. The van der Waals surface area contributed by atoms with E-state index in [1.807, 2.05) is 4.68 Å². The molecule has 0 bridgehead atoms. The lowest BCUT2D eigenvalue weighted by atomic mass is 10.1. The first kappa shape index (κ1) is 18.1. The predicted molar refractivity (Wildman–Crippen MR) is 95.5 cm³/mol. The number of hydrogen-bond donors (Lipinski definition) is 2. The van der Waals surface area contributed by atoms with Crippen LogP contribution in [0.25, 0.3) is 0 Å². The molecule has 0 aromatic carbocycles. The van der Waals surface area contributed by atoms with E-state index < -0.39 is 0 Å². The van der Waals surface area contributed by atoms with Gasteiger partial charge in [0.05, 0.1) is 12.6 Å². The van der Waals surface area contributed by atoms with E-state index in [4.69, 9.17) is 14.5 Å². The molecular weight excluding hydrogens is 320 g/mol. The molecule has 0 saturated carbocycles. The first-order valence-electron chi connectivity index (χ1n) is 9.36. The number of methoxy groups -OCH3 is 1. The Bertz CT molecular complexity index is 567. The highest BCUT2D eigenvalue weighted by molar-refractivity contribution is 5.80. The van der Waals surface area contributed by atoms with Crippen molar-refractivity contribution in [3.8, 4) is 0 Å². The number of aliphatic imine (C=N–C) groups is 1. The summed E-state index contributed by atoms with van der Waals surface area (Å²) < 4.78 is 12.8. The van der Waals surface area contributed by atoms with Gasteiger partial charge in [0.1, 0.15) is 12.4 Å². The summed E-state index contributed by atoms with van der Waals surface area (Å²) in [5, 5.41) is 11.4. The van der Waals surface area contributed by atoms with Crippen molar-refractivity contribution in [2.24, 2.45) is 4.99 Å². The molecule has 2 aliphatic rings. The third-order valence-corrected chi connectivity index (χ3v) is 4.61. The maximum absolute atomic E-state index is 5.67. The SMILES string of the molecule is CCNC(=NCCC1CCCO1)NC1CCc2nc(COC)nn2C1. The summed E-state index contributed by atoms with van der Waals surface area (Å²) in [5.74, 6) is 2.69. The highest BCUT2D eigenvalue weighted by Gasteiger charge is 2.22. The van der Waals surface area contributed by atoms with Crippen LogP contribution in [0.1, 0.15) is 44.3 Å². The van der Waals surface area contributed by atoms with E-state index in [1.54, 1.807) is 7.11 Å². The van der Waals surface area contributed by atoms with Gasteiger partial charge in [-0.25, -0.2) is 9.67 Å². The van der Waals surface area contributed by atoms with Gasteiger partial charge in [0.2, 0.25) is 0 Å². The van der Waals surface area contributed by atoms with Crippen LogP contribution < -0.4 is 10.6 Å². The van der Waals surface area contributed by atoms with E-state index in [1.165, 1.54) is 12.8 Å². The molecule has 1 saturated heterocycles. The molecule has 3 rings (SSSR count). The fourth-order valence-corrected chi connectivity index (χ4v) is 3.37. The van der Waals surface area contributed by atoms with E-state index in [0.717, 1.165) is 63.1 Å². The van der Waals surface area contributed by atoms with Gasteiger partial charge in [-0.1, -0.05) is 0 Å². The van der Waals surface area contributed by atoms with Crippen molar-refractivity contribution in [3.05, 3.63) is 11.6 Å².